The van der Waals surface area contributed by atoms with Crippen molar-refractivity contribution in [1.82, 2.24) is 14.6 Å². The molecule has 1 fully saturated rings. The first-order valence-corrected chi connectivity index (χ1v) is 9.58. The summed E-state index contributed by atoms with van der Waals surface area (Å²) < 4.78 is 12.7. The Morgan fingerprint density at radius 1 is 1.47 bits per heavy atom. The van der Waals surface area contributed by atoms with E-state index in [-0.39, 0.29) is 5.91 Å². The monoisotopic (exact) mass is 419 g/mol. The number of carbonyl (C=O) groups is 2. The number of aromatic nitrogens is 3. The molecule has 0 saturated carbocycles. The number of nitrogens with one attached hydrogen (secondary N) is 1. The number of hydrogen-bond donors (Lipinski definition) is 3. The molecule has 0 unspecified atom stereocenters. The summed E-state index contributed by atoms with van der Waals surface area (Å²) in [5, 5.41) is 27.8. The van der Waals surface area contributed by atoms with Crippen molar-refractivity contribution in [2.75, 3.05) is 19.0 Å². The highest BCUT2D eigenvalue weighted by Crippen LogP contribution is 2.41. The smallest absolute Gasteiger partial charge is 0.303 e. The van der Waals surface area contributed by atoms with E-state index < -0.39 is 36.5 Å². The van der Waals surface area contributed by atoms with Crippen LogP contribution in [0.25, 0.3) is 5.52 Å². The highest BCUT2D eigenvalue weighted by molar-refractivity contribution is 5.93. The number of fused-ring (bicyclic) bond motifs is 1. The molecular formula is C19H25N5O6. The van der Waals surface area contributed by atoms with Crippen molar-refractivity contribution in [2.45, 2.75) is 50.6 Å². The molecule has 3 rings (SSSR count). The summed E-state index contributed by atoms with van der Waals surface area (Å²) in [4.78, 5) is 31.7. The lowest BCUT2D eigenvalue weighted by molar-refractivity contribution is -0.153. The van der Waals surface area contributed by atoms with Gasteiger partial charge < -0.3 is 25.0 Å². The normalized spacial score (nSPS) is 26.4. The van der Waals surface area contributed by atoms with Gasteiger partial charge in [-0.15, -0.1) is 0 Å². The van der Waals surface area contributed by atoms with E-state index in [9.17, 15) is 19.8 Å². The van der Waals surface area contributed by atoms with Gasteiger partial charge >= 0.3 is 5.97 Å². The predicted octanol–water partition coefficient (Wildman–Crippen LogP) is 0.0475. The number of esters is 1. The number of anilines is 1. The second-order valence-electron chi connectivity index (χ2n) is 6.96. The Morgan fingerprint density at radius 2 is 2.23 bits per heavy atom. The van der Waals surface area contributed by atoms with E-state index in [1.165, 1.54) is 31.0 Å². The van der Waals surface area contributed by atoms with Crippen molar-refractivity contribution in [3.05, 3.63) is 24.2 Å². The molecular weight excluding hydrogens is 394 g/mol. The molecule has 0 aromatic carbocycles. The van der Waals surface area contributed by atoms with Crippen LogP contribution < -0.4 is 5.32 Å². The van der Waals surface area contributed by atoms with Crippen LogP contribution in [-0.2, 0) is 24.7 Å². The fourth-order valence-electron chi connectivity index (χ4n) is 3.63. The van der Waals surface area contributed by atoms with Crippen LogP contribution >= 0.6 is 0 Å². The van der Waals surface area contributed by atoms with Crippen LogP contribution in [-0.4, -0.2) is 74.9 Å². The van der Waals surface area contributed by atoms with Gasteiger partial charge in [-0.3, -0.25) is 14.6 Å². The number of carbonyl (C=O) groups excluding carboxylic acids is 2. The van der Waals surface area contributed by atoms with Gasteiger partial charge in [0.05, 0.1) is 12.3 Å². The number of aliphatic hydroxyl groups excluding tert-OH is 2. The zero-order valence-corrected chi connectivity index (χ0v) is 17.0. The van der Waals surface area contributed by atoms with E-state index in [1.54, 1.807) is 12.1 Å². The molecule has 1 amide bonds. The Bertz CT molecular complexity index is 960. The molecule has 1 aliphatic heterocycles. The van der Waals surface area contributed by atoms with Crippen LogP contribution in [0, 0.1) is 0 Å². The third-order valence-electron chi connectivity index (χ3n) is 4.85. The molecule has 162 valence electrons. The van der Waals surface area contributed by atoms with E-state index in [2.05, 4.69) is 20.4 Å². The number of hydrogen-bond acceptors (Lipinski definition) is 9. The van der Waals surface area contributed by atoms with E-state index in [1.807, 2.05) is 6.92 Å². The summed E-state index contributed by atoms with van der Waals surface area (Å²) in [6.45, 7) is 2.62. The van der Waals surface area contributed by atoms with Crippen molar-refractivity contribution >= 4 is 29.4 Å². The minimum atomic E-state index is -1.55. The first-order valence-electron chi connectivity index (χ1n) is 9.58. The van der Waals surface area contributed by atoms with Gasteiger partial charge in [0, 0.05) is 26.6 Å². The maximum atomic E-state index is 12.0. The van der Waals surface area contributed by atoms with Crippen molar-refractivity contribution in [3.63, 3.8) is 0 Å². The van der Waals surface area contributed by atoms with Gasteiger partial charge in [0.1, 0.15) is 24.1 Å². The van der Waals surface area contributed by atoms with Crippen molar-refractivity contribution < 1.29 is 29.3 Å². The van der Waals surface area contributed by atoms with Crippen molar-refractivity contribution in [3.8, 4) is 0 Å². The molecule has 3 heterocycles. The van der Waals surface area contributed by atoms with Gasteiger partial charge in [0.2, 0.25) is 5.91 Å². The van der Waals surface area contributed by atoms with Gasteiger partial charge in [-0.25, -0.2) is 9.50 Å². The van der Waals surface area contributed by atoms with Crippen LogP contribution in [0.3, 0.4) is 0 Å². The summed E-state index contributed by atoms with van der Waals surface area (Å²) in [5.74, 6) is -0.493. The molecule has 0 radical (unpaired) electrons. The molecule has 0 spiro atoms. The molecule has 1 saturated heterocycles. The maximum absolute atomic E-state index is 12.0. The highest BCUT2D eigenvalue weighted by Gasteiger charge is 2.57. The third-order valence-corrected chi connectivity index (χ3v) is 4.85. The quantitative estimate of drug-likeness (QED) is 0.421. The maximum Gasteiger partial charge on any atom is 0.303 e. The van der Waals surface area contributed by atoms with E-state index >= 15 is 0 Å². The van der Waals surface area contributed by atoms with E-state index in [4.69, 9.17) is 9.47 Å². The molecule has 0 bridgehead atoms. The van der Waals surface area contributed by atoms with Crippen LogP contribution in [0.2, 0.25) is 0 Å². The number of amides is 1. The SMILES string of the molecule is CCCC(=O)Nc1ncnn2c([C@]3(C=NC)O[C@H](CO)[C@@H](OC(C)=O)[C@H]3O)ccc12. The summed E-state index contributed by atoms with van der Waals surface area (Å²) in [6.07, 6.45) is 0.232. The minimum absolute atomic E-state index is 0.182. The lowest BCUT2D eigenvalue weighted by Gasteiger charge is -2.28. The molecule has 2 aromatic heterocycles. The van der Waals surface area contributed by atoms with Gasteiger partial charge in [0.15, 0.2) is 17.5 Å². The number of ether oxygens (including phenoxy) is 2. The standard InChI is InChI=1S/C19H25N5O6/c1-4-5-15(27)23-18-12-6-7-14(24(12)22-10-21-18)19(9-20-3)17(28)16(29-11(2)26)13(8-25)30-19/h6-7,9-10,13,16-17,25,28H,4-5,8H2,1-3H3,(H,21,22,23,27)/t13-,16-,17-,19+/m1/s1. The minimum Gasteiger partial charge on any atom is -0.457 e. The average molecular weight is 419 g/mol. The molecule has 4 atom stereocenters. The summed E-state index contributed by atoms with van der Waals surface area (Å²) in [5.41, 5.74) is -0.696. The molecule has 1 aliphatic rings. The molecule has 2 aromatic rings. The summed E-state index contributed by atoms with van der Waals surface area (Å²) in [6, 6.07) is 3.32. The van der Waals surface area contributed by atoms with Gasteiger partial charge in [-0.1, -0.05) is 6.92 Å². The Balaban J connectivity index is 2.09. The molecule has 30 heavy (non-hydrogen) atoms. The summed E-state index contributed by atoms with van der Waals surface area (Å²) >= 11 is 0. The number of rotatable bonds is 7. The van der Waals surface area contributed by atoms with Crippen LogP contribution in [0.15, 0.2) is 23.5 Å². The highest BCUT2D eigenvalue weighted by atomic mass is 16.6. The third kappa shape index (κ3) is 3.78. The largest absolute Gasteiger partial charge is 0.457 e. The van der Waals surface area contributed by atoms with Gasteiger partial charge in [-0.2, -0.15) is 5.10 Å². The molecule has 11 heteroatoms. The second kappa shape index (κ2) is 8.86. The fraction of sp³-hybridized carbons (Fsp3) is 0.526. The first kappa shape index (κ1) is 21.8. The van der Waals surface area contributed by atoms with E-state index in [0.29, 0.717) is 29.9 Å². The fourth-order valence-corrected chi connectivity index (χ4v) is 3.63. The van der Waals surface area contributed by atoms with Crippen molar-refractivity contribution in [1.29, 1.82) is 0 Å². The van der Waals surface area contributed by atoms with Crippen LogP contribution in [0.4, 0.5) is 5.82 Å². The number of aliphatic imine (C=N–C) groups is 1. The summed E-state index contributed by atoms with van der Waals surface area (Å²) in [7, 11) is 1.51. The Kier molecular flexibility index (Phi) is 6.44. The number of aliphatic hydroxyl groups is 2. The zero-order chi connectivity index (χ0) is 21.9. The second-order valence-corrected chi connectivity index (χ2v) is 6.96. The van der Waals surface area contributed by atoms with Gasteiger partial charge in [-0.05, 0) is 18.6 Å². The topological polar surface area (TPSA) is 148 Å². The Labute approximate surface area is 172 Å². The Hall–Kier alpha value is -2.89. The first-order chi connectivity index (χ1) is 14.4. The van der Waals surface area contributed by atoms with Crippen LogP contribution in [0.1, 0.15) is 32.4 Å². The Morgan fingerprint density at radius 3 is 2.87 bits per heavy atom. The number of nitrogens with zero attached hydrogens (tertiary/aromatic N) is 4. The zero-order valence-electron chi connectivity index (χ0n) is 17.0. The van der Waals surface area contributed by atoms with Crippen molar-refractivity contribution in [2.24, 2.45) is 4.99 Å². The lowest BCUT2D eigenvalue weighted by atomic mass is 9.92. The predicted molar refractivity (Wildman–Crippen MR) is 106 cm³/mol. The molecule has 0 aliphatic carbocycles. The average Bonchev–Trinajstić information content (AvgIpc) is 3.24. The lowest BCUT2D eigenvalue weighted by Crippen LogP contribution is -2.44. The molecule has 11 nitrogen and oxygen atoms in total. The van der Waals surface area contributed by atoms with Gasteiger partial charge in [0.25, 0.3) is 0 Å². The van der Waals surface area contributed by atoms with Crippen LogP contribution in [0.5, 0.6) is 0 Å². The molecule has 3 N–H and O–H groups in total. The van der Waals surface area contributed by atoms with E-state index in [0.717, 1.165) is 0 Å².